The Morgan fingerprint density at radius 2 is 1.50 bits per heavy atom. The van der Waals surface area contributed by atoms with E-state index in [-0.39, 0.29) is 7.43 Å². The Hall–Kier alpha value is -0.930. The molecule has 0 bridgehead atoms. The minimum Gasteiger partial charge on any atom is -0.400 e. The molecule has 0 aromatic carbocycles. The van der Waals surface area contributed by atoms with Crippen LogP contribution in [0.1, 0.15) is 61.3 Å². The molecule has 1 fully saturated rings. The summed E-state index contributed by atoms with van der Waals surface area (Å²) in [5.41, 5.74) is 0. The van der Waals surface area contributed by atoms with E-state index in [1.165, 1.54) is 19.4 Å². The number of aliphatic hydroxyl groups is 1. The van der Waals surface area contributed by atoms with Crippen molar-refractivity contribution >= 4 is 6.79 Å². The molecule has 0 spiro atoms. The predicted molar refractivity (Wildman–Crippen MR) is 96.4 cm³/mol. The van der Waals surface area contributed by atoms with E-state index in [0.29, 0.717) is 0 Å². The van der Waals surface area contributed by atoms with Crippen molar-refractivity contribution in [3.63, 3.8) is 0 Å². The molecule has 2 N–H and O–H groups in total. The van der Waals surface area contributed by atoms with E-state index in [1.54, 1.807) is 6.08 Å². The fourth-order valence-electron chi connectivity index (χ4n) is 1.16. The first-order chi connectivity index (χ1) is 9.35. The van der Waals surface area contributed by atoms with Crippen molar-refractivity contribution in [3.8, 4) is 0 Å². The number of rotatable bonds is 2. The molecule has 1 unspecified atom stereocenters. The van der Waals surface area contributed by atoms with Gasteiger partial charge in [-0.3, -0.25) is 0 Å². The van der Waals surface area contributed by atoms with Gasteiger partial charge in [-0.15, -0.1) is 13.2 Å². The first kappa shape index (κ1) is 36.5. The number of hydrogen-bond acceptors (Lipinski definition) is 3. The van der Waals surface area contributed by atoms with Crippen molar-refractivity contribution in [2.75, 3.05) is 13.7 Å². The Labute approximate surface area is 129 Å². The lowest BCUT2D eigenvalue weighted by molar-refractivity contribution is -0.0979. The first-order valence-electron chi connectivity index (χ1n) is 7.00. The third kappa shape index (κ3) is 53.6. The van der Waals surface area contributed by atoms with E-state index in [4.69, 9.17) is 9.90 Å². The van der Waals surface area contributed by atoms with E-state index in [2.05, 4.69) is 18.5 Å². The number of allylic oxidation sites excluding steroid dienone is 1. The molecule has 0 aliphatic carbocycles. The molecular weight excluding hydrogens is 250 g/mol. The van der Waals surface area contributed by atoms with Crippen molar-refractivity contribution < 1.29 is 9.90 Å². The van der Waals surface area contributed by atoms with Gasteiger partial charge in [-0.1, -0.05) is 47.3 Å². The topological polar surface area (TPSA) is 49.3 Å². The number of nitrogens with one attached hydrogen (secondary N) is 1. The molecule has 1 rings (SSSR count). The van der Waals surface area contributed by atoms with Crippen LogP contribution in [0, 0.1) is 0 Å². The lowest BCUT2D eigenvalue weighted by Gasteiger charge is -2.03. The Balaban J connectivity index is -0.0000000352. The molecule has 0 aromatic rings. The lowest BCUT2D eigenvalue weighted by atomic mass is 10.2. The highest BCUT2D eigenvalue weighted by Gasteiger charge is 2.10. The van der Waals surface area contributed by atoms with Gasteiger partial charge in [0.05, 0.1) is 0 Å². The van der Waals surface area contributed by atoms with E-state index in [0.717, 1.165) is 19.6 Å². The second-order valence-electron chi connectivity index (χ2n) is 2.73. The summed E-state index contributed by atoms with van der Waals surface area (Å²) in [6.07, 6.45) is 7.56. The summed E-state index contributed by atoms with van der Waals surface area (Å²) in [6.45, 7) is 20.1. The standard InChI is InChI=1S/C7H13N.C3H6.2C2H6.CH4O.CH2O.CH4/c1-2-4-7-5-3-6-8-7;1-3-2;4*1-2;/h2,7-8H,1,3-6H2;3H,1H2,2H3;2*1-2H3;2H,1H3;1H2;1H4. The lowest BCUT2D eigenvalue weighted by Crippen LogP contribution is -2.19. The quantitative estimate of drug-likeness (QED) is 0.730. The molecular formula is C17H41NO2. The summed E-state index contributed by atoms with van der Waals surface area (Å²) >= 11 is 0. The molecule has 1 saturated heterocycles. The highest BCUT2D eigenvalue weighted by Crippen LogP contribution is 2.07. The minimum absolute atomic E-state index is 0. The zero-order valence-corrected chi connectivity index (χ0v) is 14.0. The molecule has 0 amide bonds. The summed E-state index contributed by atoms with van der Waals surface area (Å²) in [7, 11) is 1.00. The maximum atomic E-state index is 8.00. The van der Waals surface area contributed by atoms with Gasteiger partial charge in [-0.2, -0.15) is 0 Å². The Bertz CT molecular complexity index is 122. The van der Waals surface area contributed by atoms with Gasteiger partial charge >= 0.3 is 0 Å². The molecule has 1 aliphatic heterocycles. The van der Waals surface area contributed by atoms with Gasteiger partial charge in [0, 0.05) is 13.2 Å². The maximum Gasteiger partial charge on any atom is 0.106 e. The smallest absolute Gasteiger partial charge is 0.106 e. The van der Waals surface area contributed by atoms with Gasteiger partial charge in [0.25, 0.3) is 0 Å². The number of carbonyl (C=O) groups is 1. The predicted octanol–water partition coefficient (Wildman–Crippen LogP) is 4.62. The number of carbonyl (C=O) groups excluding carboxylic acids is 1. The number of aliphatic hydroxyl groups excluding tert-OH is 1. The molecule has 126 valence electrons. The zero-order valence-electron chi connectivity index (χ0n) is 14.0. The van der Waals surface area contributed by atoms with Crippen LogP contribution < -0.4 is 5.32 Å². The second kappa shape index (κ2) is 64.0. The van der Waals surface area contributed by atoms with Crippen LogP contribution in [0.2, 0.25) is 0 Å². The summed E-state index contributed by atoms with van der Waals surface area (Å²) in [6, 6.07) is 0.743. The van der Waals surface area contributed by atoms with Crippen LogP contribution in [0.25, 0.3) is 0 Å². The fraction of sp³-hybridized carbons (Fsp3) is 0.706. The normalized spacial score (nSPS) is 13.1. The van der Waals surface area contributed by atoms with Gasteiger partial charge < -0.3 is 15.2 Å². The van der Waals surface area contributed by atoms with Gasteiger partial charge in [0.2, 0.25) is 0 Å². The van der Waals surface area contributed by atoms with Crippen LogP contribution in [0.4, 0.5) is 0 Å². The van der Waals surface area contributed by atoms with Crippen molar-refractivity contribution in [2.24, 2.45) is 0 Å². The zero-order chi connectivity index (χ0) is 16.5. The largest absolute Gasteiger partial charge is 0.400 e. The monoisotopic (exact) mass is 291 g/mol. The van der Waals surface area contributed by atoms with Crippen LogP contribution in [0.3, 0.4) is 0 Å². The average molecular weight is 292 g/mol. The summed E-state index contributed by atoms with van der Waals surface area (Å²) in [4.78, 5) is 8.00. The van der Waals surface area contributed by atoms with Crippen LogP contribution in [-0.4, -0.2) is 31.6 Å². The third-order valence-electron chi connectivity index (χ3n) is 1.61. The van der Waals surface area contributed by atoms with Gasteiger partial charge in [-0.05, 0) is 32.7 Å². The molecule has 0 aromatic heterocycles. The van der Waals surface area contributed by atoms with E-state index < -0.39 is 0 Å². The van der Waals surface area contributed by atoms with Crippen LogP contribution >= 0.6 is 0 Å². The molecule has 0 saturated carbocycles. The molecule has 1 atom stereocenters. The van der Waals surface area contributed by atoms with E-state index in [1.807, 2.05) is 47.5 Å². The molecule has 0 radical (unpaired) electrons. The molecule has 20 heavy (non-hydrogen) atoms. The maximum absolute atomic E-state index is 8.00. The summed E-state index contributed by atoms with van der Waals surface area (Å²) in [5.74, 6) is 0. The van der Waals surface area contributed by atoms with Gasteiger partial charge in [0.1, 0.15) is 6.79 Å². The molecule has 3 heteroatoms. The first-order valence-corrected chi connectivity index (χ1v) is 7.00. The third-order valence-corrected chi connectivity index (χ3v) is 1.61. The highest BCUT2D eigenvalue weighted by atomic mass is 16.2. The highest BCUT2D eigenvalue weighted by molar-refractivity contribution is 5.10. The van der Waals surface area contributed by atoms with Crippen LogP contribution in [0.15, 0.2) is 25.3 Å². The van der Waals surface area contributed by atoms with Gasteiger partial charge in [0.15, 0.2) is 0 Å². The average Bonchev–Trinajstić information content (AvgIpc) is 3.02. The number of hydrogen-bond donors (Lipinski definition) is 2. The van der Waals surface area contributed by atoms with Crippen molar-refractivity contribution in [3.05, 3.63) is 25.3 Å². The van der Waals surface area contributed by atoms with Crippen molar-refractivity contribution in [2.45, 2.75) is 67.3 Å². The minimum atomic E-state index is 0. The van der Waals surface area contributed by atoms with E-state index >= 15 is 0 Å². The second-order valence-corrected chi connectivity index (χ2v) is 2.73. The Kier molecular flexibility index (Phi) is 117. The van der Waals surface area contributed by atoms with Crippen molar-refractivity contribution in [1.29, 1.82) is 0 Å². The fourth-order valence-corrected chi connectivity index (χ4v) is 1.16. The van der Waals surface area contributed by atoms with Crippen molar-refractivity contribution in [1.82, 2.24) is 5.32 Å². The van der Waals surface area contributed by atoms with Gasteiger partial charge in [-0.25, -0.2) is 0 Å². The SMILES string of the molecule is C.C=CC.C=CCC1CCCN1.C=O.CC.CC.CO. The van der Waals surface area contributed by atoms with E-state index in [9.17, 15) is 0 Å². The summed E-state index contributed by atoms with van der Waals surface area (Å²) < 4.78 is 0. The molecule has 1 aliphatic rings. The Morgan fingerprint density at radius 1 is 1.15 bits per heavy atom. The molecule has 1 heterocycles. The van der Waals surface area contributed by atoms with Crippen LogP contribution in [0.5, 0.6) is 0 Å². The molecule has 3 nitrogen and oxygen atoms in total. The summed E-state index contributed by atoms with van der Waals surface area (Å²) in [5, 5.41) is 10.4. The Morgan fingerprint density at radius 3 is 1.70 bits per heavy atom. The van der Waals surface area contributed by atoms with Crippen LogP contribution in [-0.2, 0) is 4.79 Å².